The fourth-order valence-corrected chi connectivity index (χ4v) is 4.06. The summed E-state index contributed by atoms with van der Waals surface area (Å²) in [7, 11) is -2.32. The van der Waals surface area contributed by atoms with Crippen molar-refractivity contribution in [2.24, 2.45) is 10.9 Å². The van der Waals surface area contributed by atoms with Crippen molar-refractivity contribution in [3.63, 3.8) is 0 Å². The second-order valence-electron chi connectivity index (χ2n) is 7.11. The summed E-state index contributed by atoms with van der Waals surface area (Å²) in [5.41, 5.74) is 8.63. The van der Waals surface area contributed by atoms with Gasteiger partial charge in [-0.05, 0) is 53.9 Å². The van der Waals surface area contributed by atoms with Crippen LogP contribution >= 0.6 is 0 Å². The number of sulfonamides is 1. The van der Waals surface area contributed by atoms with Crippen LogP contribution in [0.25, 0.3) is 11.1 Å². The van der Waals surface area contributed by atoms with E-state index in [9.17, 15) is 13.2 Å². The number of amidine groups is 1. The van der Waals surface area contributed by atoms with E-state index < -0.39 is 10.0 Å². The van der Waals surface area contributed by atoms with Crippen molar-refractivity contribution >= 4 is 27.5 Å². The first-order valence-corrected chi connectivity index (χ1v) is 11.3. The number of nitrogens with two attached hydrogens (primary N) is 2. The van der Waals surface area contributed by atoms with Gasteiger partial charge in [-0.2, -0.15) is 0 Å². The molecule has 0 radical (unpaired) electrons. The van der Waals surface area contributed by atoms with Gasteiger partial charge in [-0.1, -0.05) is 30.3 Å². The third kappa shape index (κ3) is 5.51. The zero-order valence-corrected chi connectivity index (χ0v) is 18.3. The topological polar surface area (TPSA) is 148 Å². The lowest BCUT2D eigenvalue weighted by Gasteiger charge is -2.11. The Morgan fingerprint density at radius 1 is 1.06 bits per heavy atom. The van der Waals surface area contributed by atoms with Crippen LogP contribution in [0.1, 0.15) is 17.5 Å². The highest BCUT2D eigenvalue weighted by Gasteiger charge is 2.15. The molecule has 8 nitrogen and oxygen atoms in total. The van der Waals surface area contributed by atoms with E-state index in [-0.39, 0.29) is 23.1 Å². The summed E-state index contributed by atoms with van der Waals surface area (Å²) in [6.45, 7) is 0. The molecular weight excluding hydrogens is 428 g/mol. The molecule has 0 saturated carbocycles. The molecule has 1 amide bonds. The van der Waals surface area contributed by atoms with Crippen molar-refractivity contribution in [2.45, 2.75) is 17.7 Å². The van der Waals surface area contributed by atoms with Gasteiger partial charge in [0.1, 0.15) is 11.6 Å². The van der Waals surface area contributed by atoms with E-state index in [2.05, 4.69) is 5.32 Å². The molecule has 3 aromatic carbocycles. The van der Waals surface area contributed by atoms with Crippen molar-refractivity contribution in [1.29, 1.82) is 5.41 Å². The zero-order valence-electron chi connectivity index (χ0n) is 17.5. The standard InChI is InChI=1S/C23H24N4O4S/c1-31-20-12-8-17(23(24)25)14-16(20)9-13-22(28)27-18-10-6-15(7-11-18)19-4-2-3-5-21(19)32(26,29)30/h2-8,10-12,14H,9,13H2,1H3,(H3,24,25)(H,27,28)(H2,26,29,30). The van der Waals surface area contributed by atoms with Gasteiger partial charge in [-0.3, -0.25) is 10.2 Å². The van der Waals surface area contributed by atoms with Gasteiger partial charge in [0.2, 0.25) is 15.9 Å². The van der Waals surface area contributed by atoms with E-state index in [0.29, 0.717) is 34.5 Å². The predicted octanol–water partition coefficient (Wildman–Crippen LogP) is 2.86. The van der Waals surface area contributed by atoms with Gasteiger partial charge < -0.3 is 15.8 Å². The molecule has 0 spiro atoms. The minimum atomic E-state index is -3.86. The first-order valence-electron chi connectivity index (χ1n) is 9.72. The number of hydrogen-bond acceptors (Lipinski definition) is 5. The van der Waals surface area contributed by atoms with Crippen LogP contribution in [0.15, 0.2) is 71.6 Å². The maximum Gasteiger partial charge on any atom is 0.238 e. The van der Waals surface area contributed by atoms with Gasteiger partial charge in [-0.15, -0.1) is 0 Å². The van der Waals surface area contributed by atoms with Crippen LogP contribution in [-0.2, 0) is 21.2 Å². The molecule has 3 aromatic rings. The lowest BCUT2D eigenvalue weighted by atomic mass is 10.0. The first-order chi connectivity index (χ1) is 15.2. The van der Waals surface area contributed by atoms with Gasteiger partial charge in [-0.25, -0.2) is 13.6 Å². The number of primary sulfonamides is 1. The van der Waals surface area contributed by atoms with E-state index in [1.54, 1.807) is 67.8 Å². The summed E-state index contributed by atoms with van der Waals surface area (Å²) in [5.74, 6) is 0.376. The van der Waals surface area contributed by atoms with Crippen LogP contribution in [-0.4, -0.2) is 27.3 Å². The summed E-state index contributed by atoms with van der Waals surface area (Å²) in [4.78, 5) is 12.5. The van der Waals surface area contributed by atoms with Crippen LogP contribution in [0.5, 0.6) is 5.75 Å². The molecule has 6 N–H and O–H groups in total. The molecule has 0 aliphatic rings. The molecule has 166 valence electrons. The quantitative estimate of drug-likeness (QED) is 0.306. The Morgan fingerprint density at radius 2 is 1.75 bits per heavy atom. The number of aryl methyl sites for hydroxylation is 1. The number of hydrogen-bond donors (Lipinski definition) is 4. The third-order valence-corrected chi connectivity index (χ3v) is 5.86. The maximum atomic E-state index is 12.4. The molecule has 0 saturated heterocycles. The Morgan fingerprint density at radius 3 is 2.38 bits per heavy atom. The van der Waals surface area contributed by atoms with E-state index in [4.69, 9.17) is 21.0 Å². The summed E-state index contributed by atoms with van der Waals surface area (Å²) >= 11 is 0. The summed E-state index contributed by atoms with van der Waals surface area (Å²) in [6, 6.07) is 18.5. The van der Waals surface area contributed by atoms with Crippen LogP contribution in [0.2, 0.25) is 0 Å². The number of benzene rings is 3. The average molecular weight is 453 g/mol. The van der Waals surface area contributed by atoms with Crippen molar-refractivity contribution in [3.8, 4) is 16.9 Å². The second kappa shape index (κ2) is 9.63. The largest absolute Gasteiger partial charge is 0.496 e. The summed E-state index contributed by atoms with van der Waals surface area (Å²) < 4.78 is 29.0. The number of ether oxygens (including phenoxy) is 1. The fourth-order valence-electron chi connectivity index (χ4n) is 3.30. The molecule has 0 bridgehead atoms. The predicted molar refractivity (Wildman–Crippen MR) is 124 cm³/mol. The first kappa shape index (κ1) is 23.0. The highest BCUT2D eigenvalue weighted by molar-refractivity contribution is 7.89. The van der Waals surface area contributed by atoms with Gasteiger partial charge in [0, 0.05) is 23.2 Å². The number of methoxy groups -OCH3 is 1. The Balaban J connectivity index is 1.69. The van der Waals surface area contributed by atoms with Crippen LogP contribution < -0.4 is 20.9 Å². The lowest BCUT2D eigenvalue weighted by Crippen LogP contribution is -2.14. The number of nitrogens with one attached hydrogen (secondary N) is 2. The molecule has 0 atom stereocenters. The maximum absolute atomic E-state index is 12.4. The molecule has 0 unspecified atom stereocenters. The number of rotatable bonds is 8. The van der Waals surface area contributed by atoms with Crippen LogP contribution in [0.4, 0.5) is 5.69 Å². The Bertz CT molecular complexity index is 1260. The molecule has 3 rings (SSSR count). The molecule has 0 heterocycles. The average Bonchev–Trinajstić information content (AvgIpc) is 2.77. The summed E-state index contributed by atoms with van der Waals surface area (Å²) in [6.07, 6.45) is 0.615. The molecular formula is C23H24N4O4S. The van der Waals surface area contributed by atoms with E-state index in [1.807, 2.05) is 0 Å². The van der Waals surface area contributed by atoms with Gasteiger partial charge in [0.15, 0.2) is 0 Å². The smallest absolute Gasteiger partial charge is 0.238 e. The monoisotopic (exact) mass is 452 g/mol. The van der Waals surface area contributed by atoms with Gasteiger partial charge in [0.25, 0.3) is 0 Å². The molecule has 0 aliphatic carbocycles. The molecule has 0 aromatic heterocycles. The van der Waals surface area contributed by atoms with Crippen molar-refractivity contribution in [3.05, 3.63) is 77.9 Å². The zero-order chi connectivity index (χ0) is 23.3. The van der Waals surface area contributed by atoms with E-state index in [0.717, 1.165) is 5.56 Å². The van der Waals surface area contributed by atoms with E-state index >= 15 is 0 Å². The normalized spacial score (nSPS) is 11.1. The SMILES string of the molecule is COc1ccc(C(=N)N)cc1CCC(=O)Nc1ccc(-c2ccccc2S(N)(=O)=O)cc1. The molecule has 0 fully saturated rings. The van der Waals surface area contributed by atoms with Crippen molar-refractivity contribution < 1.29 is 17.9 Å². The molecule has 0 aliphatic heterocycles. The Hall–Kier alpha value is -3.69. The van der Waals surface area contributed by atoms with Crippen molar-refractivity contribution in [1.82, 2.24) is 0 Å². The van der Waals surface area contributed by atoms with Crippen LogP contribution in [0, 0.1) is 5.41 Å². The van der Waals surface area contributed by atoms with E-state index in [1.165, 1.54) is 6.07 Å². The lowest BCUT2D eigenvalue weighted by molar-refractivity contribution is -0.116. The Labute approximate surface area is 186 Å². The fraction of sp³-hybridized carbons (Fsp3) is 0.130. The molecule has 9 heteroatoms. The van der Waals surface area contributed by atoms with Gasteiger partial charge in [0.05, 0.1) is 12.0 Å². The second-order valence-corrected chi connectivity index (χ2v) is 8.64. The number of amides is 1. The minimum absolute atomic E-state index is 0.0403. The number of anilines is 1. The Kier molecular flexibility index (Phi) is 6.92. The number of carbonyl (C=O) groups excluding carboxylic acids is 1. The number of nitrogen functional groups attached to an aromatic ring is 1. The molecule has 32 heavy (non-hydrogen) atoms. The van der Waals surface area contributed by atoms with Crippen LogP contribution in [0.3, 0.4) is 0 Å². The third-order valence-electron chi connectivity index (χ3n) is 4.89. The summed E-state index contributed by atoms with van der Waals surface area (Å²) in [5, 5.41) is 15.7. The highest BCUT2D eigenvalue weighted by atomic mass is 32.2. The van der Waals surface area contributed by atoms with Gasteiger partial charge >= 0.3 is 0 Å². The minimum Gasteiger partial charge on any atom is -0.496 e. The van der Waals surface area contributed by atoms with Crippen molar-refractivity contribution in [2.75, 3.05) is 12.4 Å². The highest BCUT2D eigenvalue weighted by Crippen LogP contribution is 2.28. The number of carbonyl (C=O) groups is 1.